The second-order valence-corrected chi connectivity index (χ2v) is 5.13. The molecule has 0 spiro atoms. The Balaban J connectivity index is 2.65. The predicted octanol–water partition coefficient (Wildman–Crippen LogP) is -1.61. The van der Waals surface area contributed by atoms with E-state index in [1.165, 1.54) is 11.4 Å². The van der Waals surface area contributed by atoms with Gasteiger partial charge in [0.25, 0.3) is 0 Å². The standard InChI is InChI=1S/C7H14N2O4S/c1-13-7(10)6-5-9(4-3-8-6)14(2,11)12/h6,8H,3-5H2,1-2H3. The van der Waals surface area contributed by atoms with E-state index in [1.54, 1.807) is 0 Å². The Labute approximate surface area is 83.3 Å². The molecular weight excluding hydrogens is 208 g/mol. The van der Waals surface area contributed by atoms with Crippen molar-refractivity contribution in [1.29, 1.82) is 0 Å². The molecule has 0 amide bonds. The van der Waals surface area contributed by atoms with Crippen LogP contribution in [-0.2, 0) is 19.6 Å². The Morgan fingerprint density at radius 3 is 2.71 bits per heavy atom. The van der Waals surface area contributed by atoms with E-state index < -0.39 is 22.0 Å². The van der Waals surface area contributed by atoms with Gasteiger partial charge in [-0.25, -0.2) is 8.42 Å². The number of carbonyl (C=O) groups excluding carboxylic acids is 1. The maximum absolute atomic E-state index is 11.2. The van der Waals surface area contributed by atoms with Crippen molar-refractivity contribution < 1.29 is 17.9 Å². The summed E-state index contributed by atoms with van der Waals surface area (Å²) in [5.41, 5.74) is 0. The zero-order chi connectivity index (χ0) is 10.8. The van der Waals surface area contributed by atoms with Crippen LogP contribution in [0.3, 0.4) is 0 Å². The zero-order valence-electron chi connectivity index (χ0n) is 8.19. The molecule has 1 N–H and O–H groups in total. The Morgan fingerprint density at radius 1 is 1.57 bits per heavy atom. The zero-order valence-corrected chi connectivity index (χ0v) is 9.00. The number of piperazine rings is 1. The van der Waals surface area contributed by atoms with Crippen molar-refractivity contribution in [2.75, 3.05) is 33.0 Å². The average molecular weight is 222 g/mol. The number of methoxy groups -OCH3 is 1. The molecule has 1 saturated heterocycles. The molecule has 0 aromatic carbocycles. The molecule has 1 aliphatic heterocycles. The van der Waals surface area contributed by atoms with Gasteiger partial charge in [0, 0.05) is 19.6 Å². The van der Waals surface area contributed by atoms with Crippen molar-refractivity contribution in [3.63, 3.8) is 0 Å². The summed E-state index contributed by atoms with van der Waals surface area (Å²) >= 11 is 0. The molecule has 0 radical (unpaired) electrons. The number of sulfonamides is 1. The minimum Gasteiger partial charge on any atom is -0.468 e. The first-order chi connectivity index (χ1) is 6.45. The van der Waals surface area contributed by atoms with Gasteiger partial charge in [0.2, 0.25) is 10.0 Å². The highest BCUT2D eigenvalue weighted by atomic mass is 32.2. The average Bonchev–Trinajstić information content (AvgIpc) is 2.15. The molecular formula is C7H14N2O4S. The lowest BCUT2D eigenvalue weighted by Gasteiger charge is -2.30. The van der Waals surface area contributed by atoms with Gasteiger partial charge >= 0.3 is 5.97 Å². The third-order valence-electron chi connectivity index (χ3n) is 2.09. The molecule has 1 fully saturated rings. The van der Waals surface area contributed by atoms with Crippen molar-refractivity contribution in [2.24, 2.45) is 0 Å². The molecule has 1 rings (SSSR count). The van der Waals surface area contributed by atoms with E-state index in [-0.39, 0.29) is 6.54 Å². The molecule has 0 bridgehead atoms. The summed E-state index contributed by atoms with van der Waals surface area (Å²) < 4.78 is 28.2. The lowest BCUT2D eigenvalue weighted by atomic mass is 10.2. The summed E-state index contributed by atoms with van der Waals surface area (Å²) in [6.45, 7) is 1.00. The molecule has 1 atom stereocenters. The van der Waals surface area contributed by atoms with Crippen molar-refractivity contribution >= 4 is 16.0 Å². The van der Waals surface area contributed by atoms with Gasteiger partial charge < -0.3 is 10.1 Å². The molecule has 0 aromatic heterocycles. The van der Waals surface area contributed by atoms with E-state index >= 15 is 0 Å². The Morgan fingerprint density at radius 2 is 2.21 bits per heavy atom. The van der Waals surface area contributed by atoms with Gasteiger partial charge in [0.15, 0.2) is 0 Å². The SMILES string of the molecule is COC(=O)C1CN(S(C)(=O)=O)CCN1. The highest BCUT2D eigenvalue weighted by molar-refractivity contribution is 7.88. The van der Waals surface area contributed by atoms with Gasteiger partial charge in [-0.1, -0.05) is 0 Å². The van der Waals surface area contributed by atoms with Crippen LogP contribution in [0.25, 0.3) is 0 Å². The summed E-state index contributed by atoms with van der Waals surface area (Å²) in [6, 6.07) is -0.552. The van der Waals surface area contributed by atoms with Crippen LogP contribution in [0.5, 0.6) is 0 Å². The maximum atomic E-state index is 11.2. The molecule has 0 saturated carbocycles. The number of esters is 1. The van der Waals surface area contributed by atoms with Gasteiger partial charge in [-0.2, -0.15) is 4.31 Å². The third kappa shape index (κ3) is 2.66. The minimum atomic E-state index is -3.21. The maximum Gasteiger partial charge on any atom is 0.324 e. The fourth-order valence-electron chi connectivity index (χ4n) is 1.32. The fraction of sp³-hybridized carbons (Fsp3) is 0.857. The van der Waals surface area contributed by atoms with Crippen LogP contribution in [0.1, 0.15) is 0 Å². The van der Waals surface area contributed by atoms with Crippen LogP contribution in [-0.4, -0.2) is 57.7 Å². The normalized spacial score (nSPS) is 24.6. The van der Waals surface area contributed by atoms with E-state index in [1.807, 2.05) is 0 Å². The number of hydrogen-bond acceptors (Lipinski definition) is 5. The van der Waals surface area contributed by atoms with E-state index in [0.717, 1.165) is 6.26 Å². The Kier molecular flexibility index (Phi) is 3.46. The van der Waals surface area contributed by atoms with Crippen LogP contribution >= 0.6 is 0 Å². The Hall–Kier alpha value is -0.660. The van der Waals surface area contributed by atoms with E-state index in [4.69, 9.17) is 0 Å². The fourth-order valence-corrected chi connectivity index (χ4v) is 2.17. The molecule has 82 valence electrons. The summed E-state index contributed by atoms with van der Waals surface area (Å²) in [5.74, 6) is -0.432. The van der Waals surface area contributed by atoms with Gasteiger partial charge in [-0.3, -0.25) is 4.79 Å². The largest absolute Gasteiger partial charge is 0.468 e. The second-order valence-electron chi connectivity index (χ2n) is 3.15. The van der Waals surface area contributed by atoms with Crippen LogP contribution in [0.2, 0.25) is 0 Å². The van der Waals surface area contributed by atoms with Crippen LogP contribution < -0.4 is 5.32 Å². The van der Waals surface area contributed by atoms with Crippen molar-refractivity contribution in [3.8, 4) is 0 Å². The molecule has 0 aliphatic carbocycles. The minimum absolute atomic E-state index is 0.144. The molecule has 14 heavy (non-hydrogen) atoms. The third-order valence-corrected chi connectivity index (χ3v) is 3.36. The van der Waals surface area contributed by atoms with Crippen molar-refractivity contribution in [3.05, 3.63) is 0 Å². The first kappa shape index (κ1) is 11.4. The van der Waals surface area contributed by atoms with Crippen molar-refractivity contribution in [1.82, 2.24) is 9.62 Å². The number of nitrogens with one attached hydrogen (secondary N) is 1. The van der Waals surface area contributed by atoms with Gasteiger partial charge in [-0.05, 0) is 0 Å². The number of hydrogen-bond donors (Lipinski definition) is 1. The molecule has 1 heterocycles. The molecule has 6 nitrogen and oxygen atoms in total. The number of ether oxygens (including phenoxy) is 1. The molecule has 1 unspecified atom stereocenters. The van der Waals surface area contributed by atoms with E-state index in [0.29, 0.717) is 13.1 Å². The summed E-state index contributed by atoms with van der Waals surface area (Å²) in [5, 5.41) is 2.89. The first-order valence-corrected chi connectivity index (χ1v) is 6.06. The highest BCUT2D eigenvalue weighted by Gasteiger charge is 2.30. The van der Waals surface area contributed by atoms with Crippen LogP contribution in [0, 0.1) is 0 Å². The van der Waals surface area contributed by atoms with Crippen LogP contribution in [0.4, 0.5) is 0 Å². The predicted molar refractivity (Wildman–Crippen MR) is 50.2 cm³/mol. The van der Waals surface area contributed by atoms with E-state index in [9.17, 15) is 13.2 Å². The van der Waals surface area contributed by atoms with Crippen molar-refractivity contribution in [2.45, 2.75) is 6.04 Å². The number of carbonyl (C=O) groups is 1. The second kappa shape index (κ2) is 4.24. The van der Waals surface area contributed by atoms with Gasteiger partial charge in [0.1, 0.15) is 6.04 Å². The molecule has 7 heteroatoms. The number of rotatable bonds is 2. The smallest absolute Gasteiger partial charge is 0.324 e. The highest BCUT2D eigenvalue weighted by Crippen LogP contribution is 2.05. The summed E-state index contributed by atoms with van der Waals surface area (Å²) in [6.07, 6.45) is 1.13. The number of nitrogens with zero attached hydrogens (tertiary/aromatic N) is 1. The summed E-state index contributed by atoms with van der Waals surface area (Å²) in [7, 11) is -1.93. The van der Waals surface area contributed by atoms with Gasteiger partial charge in [-0.15, -0.1) is 0 Å². The van der Waals surface area contributed by atoms with Gasteiger partial charge in [0.05, 0.1) is 13.4 Å². The van der Waals surface area contributed by atoms with Crippen LogP contribution in [0.15, 0.2) is 0 Å². The molecule has 0 aromatic rings. The Bertz CT molecular complexity index is 314. The lowest BCUT2D eigenvalue weighted by molar-refractivity contribution is -0.143. The quantitative estimate of drug-likeness (QED) is 0.569. The lowest BCUT2D eigenvalue weighted by Crippen LogP contribution is -2.55. The van der Waals surface area contributed by atoms with E-state index in [2.05, 4.69) is 10.1 Å². The monoisotopic (exact) mass is 222 g/mol. The topological polar surface area (TPSA) is 75.7 Å². The molecule has 1 aliphatic rings. The first-order valence-electron chi connectivity index (χ1n) is 4.21. The summed E-state index contributed by atoms with van der Waals surface area (Å²) in [4.78, 5) is 11.1.